The Kier molecular flexibility index (Phi) is 7.42. The number of aryl methyl sites for hydroxylation is 1. The Balaban J connectivity index is 1.28. The highest BCUT2D eigenvalue weighted by molar-refractivity contribution is 5.94. The van der Waals surface area contributed by atoms with E-state index in [2.05, 4.69) is 10.2 Å². The second-order valence-electron chi connectivity index (χ2n) is 9.39. The highest BCUT2D eigenvalue weighted by Gasteiger charge is 2.28. The lowest BCUT2D eigenvalue weighted by atomic mass is 9.95. The Bertz CT molecular complexity index is 1160. The predicted octanol–water partition coefficient (Wildman–Crippen LogP) is 4.87. The largest absolute Gasteiger partial charge is 0.493 e. The third-order valence-corrected chi connectivity index (χ3v) is 6.86. The maximum absolute atomic E-state index is 13.9. The van der Waals surface area contributed by atoms with Crippen LogP contribution in [0.25, 0.3) is 0 Å². The summed E-state index contributed by atoms with van der Waals surface area (Å²) in [6.07, 6.45) is 6.59. The minimum atomic E-state index is -0.214. The molecule has 35 heavy (non-hydrogen) atoms. The molecular weight excluding hydrogens is 445 g/mol. The molecule has 2 aromatic carbocycles. The lowest BCUT2D eigenvalue weighted by molar-refractivity contribution is 0.0501. The topological polar surface area (TPSA) is 67.5 Å². The molecule has 3 aromatic rings. The van der Waals surface area contributed by atoms with Gasteiger partial charge in [0, 0.05) is 37.4 Å². The average molecular weight is 478 g/mol. The third-order valence-electron chi connectivity index (χ3n) is 6.86. The predicted molar refractivity (Wildman–Crippen MR) is 131 cm³/mol. The zero-order valence-corrected chi connectivity index (χ0v) is 20.0. The van der Waals surface area contributed by atoms with Crippen LogP contribution in [0.5, 0.6) is 5.75 Å². The number of nitrogens with zero attached hydrogens (tertiary/aromatic N) is 2. The number of ether oxygens (including phenoxy) is 2. The van der Waals surface area contributed by atoms with Gasteiger partial charge in [0.05, 0.1) is 12.7 Å². The van der Waals surface area contributed by atoms with Crippen molar-refractivity contribution >= 4 is 5.91 Å². The third kappa shape index (κ3) is 5.73. The van der Waals surface area contributed by atoms with Gasteiger partial charge in [-0.05, 0) is 67.9 Å². The van der Waals surface area contributed by atoms with Gasteiger partial charge < -0.3 is 14.4 Å². The Hall–Kier alpha value is -3.19. The zero-order valence-electron chi connectivity index (χ0n) is 20.0. The number of benzene rings is 2. The van der Waals surface area contributed by atoms with Crippen molar-refractivity contribution in [3.8, 4) is 5.75 Å². The van der Waals surface area contributed by atoms with Crippen molar-refractivity contribution < 1.29 is 18.7 Å². The molecule has 1 saturated heterocycles. The van der Waals surface area contributed by atoms with Crippen molar-refractivity contribution in [2.45, 2.75) is 57.6 Å². The highest BCUT2D eigenvalue weighted by atomic mass is 19.1. The molecule has 1 fully saturated rings. The van der Waals surface area contributed by atoms with Crippen LogP contribution in [0.3, 0.4) is 0 Å². The number of hydrogen-bond acceptors (Lipinski definition) is 4. The number of aromatic amines is 1. The number of nitrogens with one attached hydrogen (secondary N) is 1. The van der Waals surface area contributed by atoms with Gasteiger partial charge in [0.1, 0.15) is 11.6 Å². The zero-order chi connectivity index (χ0) is 24.0. The smallest absolute Gasteiger partial charge is 0.275 e. The van der Waals surface area contributed by atoms with E-state index < -0.39 is 0 Å². The van der Waals surface area contributed by atoms with Gasteiger partial charge in [0.15, 0.2) is 5.69 Å². The second-order valence-corrected chi connectivity index (χ2v) is 9.39. The van der Waals surface area contributed by atoms with E-state index in [0.717, 1.165) is 62.0 Å². The number of H-pyrrole nitrogens is 1. The first kappa shape index (κ1) is 23.5. The molecule has 1 unspecified atom stereocenters. The number of halogens is 1. The molecular formula is C28H32FN3O3. The van der Waals surface area contributed by atoms with E-state index in [0.29, 0.717) is 43.1 Å². The lowest BCUT2D eigenvalue weighted by Crippen LogP contribution is -2.37. The summed E-state index contributed by atoms with van der Waals surface area (Å²) in [5, 5.41) is 7.51. The molecule has 0 spiro atoms. The van der Waals surface area contributed by atoms with Gasteiger partial charge >= 0.3 is 0 Å². The normalized spacial score (nSPS) is 17.2. The van der Waals surface area contributed by atoms with Crippen molar-refractivity contribution in [2.75, 3.05) is 19.8 Å². The molecule has 2 aliphatic rings. The Morgan fingerprint density at radius 3 is 2.89 bits per heavy atom. The van der Waals surface area contributed by atoms with Crippen LogP contribution in [0.2, 0.25) is 0 Å². The molecule has 0 saturated carbocycles. The first-order valence-electron chi connectivity index (χ1n) is 12.6. The van der Waals surface area contributed by atoms with Gasteiger partial charge in [-0.15, -0.1) is 0 Å². The molecule has 2 heterocycles. The van der Waals surface area contributed by atoms with Gasteiger partial charge in [0.25, 0.3) is 5.91 Å². The summed E-state index contributed by atoms with van der Waals surface area (Å²) in [6.45, 7) is 2.11. The van der Waals surface area contributed by atoms with Gasteiger partial charge in [-0.25, -0.2) is 4.39 Å². The SMILES string of the molecule is O=C(c1n[nH]c2c1CCCC2)N(Cc1cccc(OCCc2ccccc2F)c1)CC1CCCO1. The summed E-state index contributed by atoms with van der Waals surface area (Å²) >= 11 is 0. The molecule has 1 aliphatic heterocycles. The maximum Gasteiger partial charge on any atom is 0.275 e. The van der Waals surface area contributed by atoms with Crippen LogP contribution in [0, 0.1) is 5.82 Å². The Labute approximate surface area is 205 Å². The monoisotopic (exact) mass is 477 g/mol. The van der Waals surface area contributed by atoms with Gasteiger partial charge in [0.2, 0.25) is 0 Å². The minimum Gasteiger partial charge on any atom is -0.493 e. The average Bonchev–Trinajstić information content (AvgIpc) is 3.55. The molecule has 5 rings (SSSR count). The van der Waals surface area contributed by atoms with Crippen molar-refractivity contribution in [3.05, 3.63) is 82.4 Å². The van der Waals surface area contributed by atoms with E-state index in [-0.39, 0.29) is 17.8 Å². The number of carbonyl (C=O) groups is 1. The standard InChI is InChI=1S/C28H32FN3O3/c29-25-12-3-1-8-21(25)14-16-35-22-9-5-7-20(17-22)18-32(19-23-10-6-15-34-23)28(33)27-24-11-2-4-13-26(24)30-31-27/h1,3,5,7-9,12,17,23H,2,4,6,10-11,13-16,18-19H2,(H,30,31). The van der Waals surface area contributed by atoms with E-state index in [1.54, 1.807) is 12.1 Å². The second kappa shape index (κ2) is 11.0. The van der Waals surface area contributed by atoms with Crippen molar-refractivity contribution in [1.82, 2.24) is 15.1 Å². The summed E-state index contributed by atoms with van der Waals surface area (Å²) in [5.41, 5.74) is 4.34. The van der Waals surface area contributed by atoms with Crippen LogP contribution in [0.1, 0.15) is 58.6 Å². The molecule has 1 aromatic heterocycles. The summed E-state index contributed by atoms with van der Waals surface area (Å²) < 4.78 is 25.6. The minimum absolute atomic E-state index is 0.0499. The Morgan fingerprint density at radius 2 is 2.03 bits per heavy atom. The van der Waals surface area contributed by atoms with Crippen LogP contribution >= 0.6 is 0 Å². The fourth-order valence-corrected chi connectivity index (χ4v) is 4.99. The van der Waals surface area contributed by atoms with E-state index in [1.165, 1.54) is 6.07 Å². The van der Waals surface area contributed by atoms with E-state index in [4.69, 9.17) is 9.47 Å². The van der Waals surface area contributed by atoms with Crippen molar-refractivity contribution in [3.63, 3.8) is 0 Å². The summed E-state index contributed by atoms with van der Waals surface area (Å²) in [7, 11) is 0. The molecule has 1 aliphatic carbocycles. The van der Waals surface area contributed by atoms with Crippen LogP contribution < -0.4 is 4.74 Å². The van der Waals surface area contributed by atoms with E-state index >= 15 is 0 Å². The maximum atomic E-state index is 13.9. The first-order chi connectivity index (χ1) is 17.2. The van der Waals surface area contributed by atoms with Gasteiger partial charge in [-0.2, -0.15) is 5.10 Å². The number of hydrogen-bond donors (Lipinski definition) is 1. The van der Waals surface area contributed by atoms with E-state index in [9.17, 15) is 9.18 Å². The van der Waals surface area contributed by atoms with E-state index in [1.807, 2.05) is 35.2 Å². The summed E-state index contributed by atoms with van der Waals surface area (Å²) in [4.78, 5) is 15.5. The fourth-order valence-electron chi connectivity index (χ4n) is 4.99. The number of fused-ring (bicyclic) bond motifs is 1. The molecule has 0 bridgehead atoms. The fraction of sp³-hybridized carbons (Fsp3) is 0.429. The van der Waals surface area contributed by atoms with Gasteiger partial charge in [-0.3, -0.25) is 9.89 Å². The molecule has 6 nitrogen and oxygen atoms in total. The molecule has 1 N–H and O–H groups in total. The van der Waals surface area contributed by atoms with Crippen LogP contribution in [0.15, 0.2) is 48.5 Å². The first-order valence-corrected chi connectivity index (χ1v) is 12.6. The molecule has 184 valence electrons. The van der Waals surface area contributed by atoms with Crippen molar-refractivity contribution in [2.24, 2.45) is 0 Å². The number of aromatic nitrogens is 2. The molecule has 0 radical (unpaired) electrons. The van der Waals surface area contributed by atoms with Crippen LogP contribution in [-0.2, 0) is 30.5 Å². The molecule has 1 atom stereocenters. The lowest BCUT2D eigenvalue weighted by Gasteiger charge is -2.26. The van der Waals surface area contributed by atoms with Gasteiger partial charge in [-0.1, -0.05) is 30.3 Å². The summed E-state index contributed by atoms with van der Waals surface area (Å²) in [5.74, 6) is 0.444. The van der Waals surface area contributed by atoms with Crippen LogP contribution in [-0.4, -0.2) is 46.9 Å². The number of amides is 1. The van der Waals surface area contributed by atoms with Crippen molar-refractivity contribution in [1.29, 1.82) is 0 Å². The molecule has 1 amide bonds. The highest BCUT2D eigenvalue weighted by Crippen LogP contribution is 2.25. The molecule has 7 heteroatoms. The number of carbonyl (C=O) groups excluding carboxylic acids is 1. The quantitative estimate of drug-likeness (QED) is 0.478. The Morgan fingerprint density at radius 1 is 1.14 bits per heavy atom. The van der Waals surface area contributed by atoms with Crippen LogP contribution in [0.4, 0.5) is 4.39 Å². The summed E-state index contributed by atoms with van der Waals surface area (Å²) in [6, 6.07) is 14.5. The number of rotatable bonds is 9.